The zero-order valence-corrected chi connectivity index (χ0v) is 61.6. The molecule has 0 saturated heterocycles. The van der Waals surface area contributed by atoms with Gasteiger partial charge >= 0.3 is 11.9 Å². The van der Waals surface area contributed by atoms with Gasteiger partial charge in [-0.05, 0) is 38.5 Å². The molecular formula is C79H156NO8P. The first-order chi connectivity index (χ1) is 43.5. The van der Waals surface area contributed by atoms with Crippen molar-refractivity contribution in [3.63, 3.8) is 0 Å². The number of rotatable bonds is 76. The van der Waals surface area contributed by atoms with Gasteiger partial charge in [-0.15, -0.1) is 0 Å². The van der Waals surface area contributed by atoms with Crippen LogP contribution in [-0.2, 0) is 32.7 Å². The van der Waals surface area contributed by atoms with E-state index in [0.717, 1.165) is 32.1 Å². The zero-order valence-electron chi connectivity index (χ0n) is 60.7. The van der Waals surface area contributed by atoms with Crippen molar-refractivity contribution in [2.24, 2.45) is 0 Å². The summed E-state index contributed by atoms with van der Waals surface area (Å²) in [6.07, 6.45) is 89.2. The minimum Gasteiger partial charge on any atom is -0.756 e. The Labute approximate surface area is 556 Å². The first kappa shape index (κ1) is 87.8. The van der Waals surface area contributed by atoms with Crippen molar-refractivity contribution in [2.75, 3.05) is 47.5 Å². The largest absolute Gasteiger partial charge is 0.756 e. The average molecular weight is 1280 g/mol. The normalized spacial score (nSPS) is 13.0. The molecule has 0 rings (SSSR count). The van der Waals surface area contributed by atoms with E-state index >= 15 is 0 Å². The van der Waals surface area contributed by atoms with Gasteiger partial charge in [-0.25, -0.2) is 0 Å². The number of unbranched alkanes of at least 4 members (excludes halogenated alkanes) is 60. The summed E-state index contributed by atoms with van der Waals surface area (Å²) in [4.78, 5) is 38.2. The molecule has 0 N–H and O–H groups in total. The SMILES string of the molecule is CCCCCCCCCC/C=C\CCCCCCCCCCCCCCCCCCCCCCCCCC(=O)OC(COC(=O)CCCCCCCCCCCCCCCCCCCCCCCCCCCCCCCC)COP(=O)([O-])OCC[N+](C)(C)C. The van der Waals surface area contributed by atoms with Crippen molar-refractivity contribution in [2.45, 2.75) is 437 Å². The Bertz CT molecular complexity index is 1500. The van der Waals surface area contributed by atoms with Gasteiger partial charge in [0.05, 0.1) is 27.7 Å². The zero-order chi connectivity index (χ0) is 64.8. The van der Waals surface area contributed by atoms with Gasteiger partial charge in [0.1, 0.15) is 19.8 Å². The number of phosphoric acid groups is 1. The molecule has 2 atom stereocenters. The smallest absolute Gasteiger partial charge is 0.306 e. The monoisotopic (exact) mass is 1280 g/mol. The third-order valence-electron chi connectivity index (χ3n) is 18.5. The Balaban J connectivity index is 3.90. The lowest BCUT2D eigenvalue weighted by molar-refractivity contribution is -0.870. The Kier molecular flexibility index (Phi) is 70.1. The van der Waals surface area contributed by atoms with E-state index in [1.165, 1.54) is 366 Å². The highest BCUT2D eigenvalue weighted by Gasteiger charge is 2.22. The lowest BCUT2D eigenvalue weighted by Gasteiger charge is -2.28. The first-order valence-electron chi connectivity index (χ1n) is 39.9. The fourth-order valence-corrected chi connectivity index (χ4v) is 13.2. The van der Waals surface area contributed by atoms with Crippen LogP contribution in [0.3, 0.4) is 0 Å². The van der Waals surface area contributed by atoms with Gasteiger partial charge in [-0.3, -0.25) is 14.2 Å². The van der Waals surface area contributed by atoms with Crippen molar-refractivity contribution < 1.29 is 42.1 Å². The van der Waals surface area contributed by atoms with E-state index < -0.39 is 26.5 Å². The van der Waals surface area contributed by atoms with Gasteiger partial charge in [-0.2, -0.15) is 0 Å². The Morgan fingerprint density at radius 2 is 0.573 bits per heavy atom. The van der Waals surface area contributed by atoms with Crippen molar-refractivity contribution >= 4 is 19.8 Å². The van der Waals surface area contributed by atoms with Crippen molar-refractivity contribution in [1.29, 1.82) is 0 Å². The predicted molar refractivity (Wildman–Crippen MR) is 384 cm³/mol. The van der Waals surface area contributed by atoms with E-state index in [1.807, 2.05) is 21.1 Å². The van der Waals surface area contributed by atoms with E-state index in [2.05, 4.69) is 26.0 Å². The number of nitrogens with zero attached hydrogens (tertiary/aromatic N) is 1. The molecule has 9 nitrogen and oxygen atoms in total. The van der Waals surface area contributed by atoms with E-state index in [0.29, 0.717) is 17.4 Å². The summed E-state index contributed by atoms with van der Waals surface area (Å²) >= 11 is 0. The van der Waals surface area contributed by atoms with Gasteiger partial charge in [-0.1, -0.05) is 392 Å². The van der Waals surface area contributed by atoms with Crippen LogP contribution in [0.5, 0.6) is 0 Å². The first-order valence-corrected chi connectivity index (χ1v) is 41.4. The summed E-state index contributed by atoms with van der Waals surface area (Å²) in [7, 11) is 1.20. The molecule has 0 aliphatic heterocycles. The molecule has 89 heavy (non-hydrogen) atoms. The Morgan fingerprint density at radius 3 is 0.831 bits per heavy atom. The van der Waals surface area contributed by atoms with Crippen LogP contribution in [0.25, 0.3) is 0 Å². The molecule has 0 bridgehead atoms. The lowest BCUT2D eigenvalue weighted by atomic mass is 10.0. The number of phosphoric ester groups is 1. The molecule has 0 radical (unpaired) electrons. The molecule has 0 fully saturated rings. The van der Waals surface area contributed by atoms with E-state index in [9.17, 15) is 19.0 Å². The summed E-state index contributed by atoms with van der Waals surface area (Å²) < 4.78 is 34.4. The fraction of sp³-hybridized carbons (Fsp3) is 0.949. The van der Waals surface area contributed by atoms with Gasteiger partial charge in [0.25, 0.3) is 7.82 Å². The summed E-state index contributed by atoms with van der Waals surface area (Å²) in [5, 5.41) is 0. The molecule has 530 valence electrons. The lowest BCUT2D eigenvalue weighted by Crippen LogP contribution is -2.37. The third kappa shape index (κ3) is 75.7. The maximum Gasteiger partial charge on any atom is 0.306 e. The van der Waals surface area contributed by atoms with Crippen LogP contribution in [0, 0.1) is 0 Å². The molecular weight excluding hydrogens is 1120 g/mol. The van der Waals surface area contributed by atoms with Gasteiger partial charge in [0, 0.05) is 12.8 Å². The number of esters is 2. The summed E-state index contributed by atoms with van der Waals surface area (Å²) in [6, 6.07) is 0. The molecule has 0 aromatic carbocycles. The van der Waals surface area contributed by atoms with Crippen LogP contribution in [0.15, 0.2) is 12.2 Å². The number of hydrogen-bond donors (Lipinski definition) is 0. The number of quaternary nitrogens is 1. The molecule has 0 spiro atoms. The molecule has 10 heteroatoms. The molecule has 0 aromatic heterocycles. The molecule has 0 heterocycles. The van der Waals surface area contributed by atoms with Crippen molar-refractivity contribution in [3.8, 4) is 0 Å². The van der Waals surface area contributed by atoms with Gasteiger partial charge in [0.2, 0.25) is 0 Å². The molecule has 2 unspecified atom stereocenters. The predicted octanol–water partition coefficient (Wildman–Crippen LogP) is 25.6. The van der Waals surface area contributed by atoms with Crippen LogP contribution in [-0.4, -0.2) is 70.0 Å². The second-order valence-corrected chi connectivity index (χ2v) is 30.2. The van der Waals surface area contributed by atoms with Crippen molar-refractivity contribution in [3.05, 3.63) is 12.2 Å². The average Bonchev–Trinajstić information content (AvgIpc) is 3.60. The number of allylic oxidation sites excluding steroid dienone is 2. The van der Waals surface area contributed by atoms with Crippen LogP contribution < -0.4 is 4.89 Å². The Morgan fingerprint density at radius 1 is 0.337 bits per heavy atom. The number of hydrogen-bond acceptors (Lipinski definition) is 8. The molecule has 0 aliphatic carbocycles. The number of likely N-dealkylation sites (N-methyl/N-ethyl adjacent to an activating group) is 1. The second-order valence-electron chi connectivity index (χ2n) is 28.8. The standard InChI is InChI=1S/C79H156NO8P/c1-6-8-10-12-14-16-18-20-22-24-26-28-30-32-34-36-38-39-40-41-42-44-46-48-50-52-54-56-58-60-62-64-66-68-70-72-79(82)88-77(76-87-89(83,84)86-74-73-80(3,4)5)75-85-78(81)71-69-67-65-63-61-59-57-55-53-51-49-47-45-43-37-35-33-31-29-27-25-23-21-19-17-15-13-11-9-7-2/h24,26,77H,6-23,25,27-76H2,1-5H3/b26-24-. The molecule has 0 amide bonds. The number of ether oxygens (including phenoxy) is 2. The number of carbonyl (C=O) groups excluding carboxylic acids is 2. The second kappa shape index (κ2) is 71.1. The van der Waals surface area contributed by atoms with E-state index in [4.69, 9.17) is 18.5 Å². The fourth-order valence-electron chi connectivity index (χ4n) is 12.4. The van der Waals surface area contributed by atoms with Crippen LogP contribution in [0.1, 0.15) is 431 Å². The highest BCUT2D eigenvalue weighted by Crippen LogP contribution is 2.38. The van der Waals surface area contributed by atoms with Crippen LogP contribution in [0.2, 0.25) is 0 Å². The maximum atomic E-state index is 12.9. The molecule has 0 saturated carbocycles. The highest BCUT2D eigenvalue weighted by atomic mass is 31.2. The van der Waals surface area contributed by atoms with E-state index in [1.54, 1.807) is 0 Å². The molecule has 0 aliphatic rings. The van der Waals surface area contributed by atoms with E-state index in [-0.39, 0.29) is 32.0 Å². The minimum absolute atomic E-state index is 0.0255. The summed E-state index contributed by atoms with van der Waals surface area (Å²) in [5.74, 6) is -0.802. The quantitative estimate of drug-likeness (QED) is 0.0195. The van der Waals surface area contributed by atoms with Crippen LogP contribution in [0.4, 0.5) is 0 Å². The summed E-state index contributed by atoms with van der Waals surface area (Å²) in [5.41, 5.74) is 0. The van der Waals surface area contributed by atoms with Gasteiger partial charge < -0.3 is 27.9 Å². The highest BCUT2D eigenvalue weighted by molar-refractivity contribution is 7.45. The van der Waals surface area contributed by atoms with Crippen molar-refractivity contribution in [1.82, 2.24) is 0 Å². The van der Waals surface area contributed by atoms with Crippen LogP contribution >= 0.6 is 7.82 Å². The third-order valence-corrected chi connectivity index (χ3v) is 19.5. The Hall–Kier alpha value is -1.25. The molecule has 0 aromatic rings. The minimum atomic E-state index is -4.64. The topological polar surface area (TPSA) is 111 Å². The number of carbonyl (C=O) groups is 2. The maximum absolute atomic E-state index is 12.9. The summed E-state index contributed by atoms with van der Waals surface area (Å²) in [6.45, 7) is 4.34. The van der Waals surface area contributed by atoms with Gasteiger partial charge in [0.15, 0.2) is 6.10 Å².